The minimum Gasteiger partial charge on any atom is -0.478 e. The quantitative estimate of drug-likeness (QED) is 0.882. The number of hydrogen-bond acceptors (Lipinski definition) is 2. The SMILES string of the molecule is CC(C)c1c(C(=O)O)cnn1-c1ccccc1. The second-order valence-corrected chi connectivity index (χ2v) is 4.15. The Hall–Kier alpha value is -2.10. The zero-order chi connectivity index (χ0) is 12.4. The van der Waals surface area contributed by atoms with Crippen LogP contribution in [-0.4, -0.2) is 20.9 Å². The Morgan fingerprint density at radius 3 is 2.47 bits per heavy atom. The Morgan fingerprint density at radius 2 is 1.94 bits per heavy atom. The summed E-state index contributed by atoms with van der Waals surface area (Å²) in [7, 11) is 0. The van der Waals surface area contributed by atoms with Gasteiger partial charge in [-0.3, -0.25) is 0 Å². The Labute approximate surface area is 99.5 Å². The van der Waals surface area contributed by atoms with Gasteiger partial charge in [0.15, 0.2) is 0 Å². The number of aromatic carboxylic acids is 1. The molecule has 0 amide bonds. The van der Waals surface area contributed by atoms with Crippen LogP contribution in [0.1, 0.15) is 35.8 Å². The van der Waals surface area contributed by atoms with E-state index < -0.39 is 5.97 Å². The van der Waals surface area contributed by atoms with Gasteiger partial charge >= 0.3 is 5.97 Å². The molecule has 88 valence electrons. The third kappa shape index (κ3) is 2.06. The van der Waals surface area contributed by atoms with E-state index in [1.54, 1.807) is 4.68 Å². The van der Waals surface area contributed by atoms with Gasteiger partial charge in [-0.25, -0.2) is 9.48 Å². The first kappa shape index (κ1) is 11.4. The van der Waals surface area contributed by atoms with Crippen molar-refractivity contribution in [2.75, 3.05) is 0 Å². The number of hydrogen-bond donors (Lipinski definition) is 1. The van der Waals surface area contributed by atoms with Gasteiger partial charge in [-0.2, -0.15) is 5.10 Å². The molecule has 0 spiro atoms. The van der Waals surface area contributed by atoms with Crippen LogP contribution in [0.3, 0.4) is 0 Å². The standard InChI is InChI=1S/C13H14N2O2/c1-9(2)12-11(13(16)17)8-14-15(12)10-6-4-3-5-7-10/h3-9H,1-2H3,(H,16,17). The highest BCUT2D eigenvalue weighted by Gasteiger charge is 2.19. The number of nitrogens with zero attached hydrogens (tertiary/aromatic N) is 2. The van der Waals surface area contributed by atoms with Gasteiger partial charge < -0.3 is 5.11 Å². The maximum Gasteiger partial charge on any atom is 0.339 e. The lowest BCUT2D eigenvalue weighted by Gasteiger charge is -2.11. The Kier molecular flexibility index (Phi) is 2.95. The van der Waals surface area contributed by atoms with E-state index in [0.29, 0.717) is 0 Å². The molecule has 2 aromatic rings. The van der Waals surface area contributed by atoms with Crippen LogP contribution in [0.5, 0.6) is 0 Å². The molecule has 0 aliphatic rings. The Balaban J connectivity index is 2.60. The van der Waals surface area contributed by atoms with E-state index in [0.717, 1.165) is 11.4 Å². The molecule has 0 aliphatic heterocycles. The highest BCUT2D eigenvalue weighted by Crippen LogP contribution is 2.22. The molecule has 1 N–H and O–H groups in total. The van der Waals surface area contributed by atoms with Crippen LogP contribution in [-0.2, 0) is 0 Å². The third-order valence-electron chi connectivity index (χ3n) is 2.58. The first-order valence-electron chi connectivity index (χ1n) is 5.48. The van der Waals surface area contributed by atoms with Gasteiger partial charge in [0.05, 0.1) is 17.6 Å². The summed E-state index contributed by atoms with van der Waals surface area (Å²) < 4.78 is 1.69. The van der Waals surface area contributed by atoms with Crippen molar-refractivity contribution in [1.82, 2.24) is 9.78 Å². The number of aromatic nitrogens is 2. The first-order chi connectivity index (χ1) is 8.11. The number of para-hydroxylation sites is 1. The van der Waals surface area contributed by atoms with Crippen LogP contribution in [0.15, 0.2) is 36.5 Å². The fourth-order valence-electron chi connectivity index (χ4n) is 1.85. The highest BCUT2D eigenvalue weighted by atomic mass is 16.4. The fourth-order valence-corrected chi connectivity index (χ4v) is 1.85. The summed E-state index contributed by atoms with van der Waals surface area (Å²) >= 11 is 0. The maximum atomic E-state index is 11.1. The second-order valence-electron chi connectivity index (χ2n) is 4.15. The lowest BCUT2D eigenvalue weighted by Crippen LogP contribution is -2.08. The maximum absolute atomic E-state index is 11.1. The summed E-state index contributed by atoms with van der Waals surface area (Å²) in [5.41, 5.74) is 1.87. The van der Waals surface area contributed by atoms with Crippen molar-refractivity contribution < 1.29 is 9.90 Å². The predicted molar refractivity (Wildman–Crippen MR) is 64.6 cm³/mol. The van der Waals surface area contributed by atoms with E-state index in [1.807, 2.05) is 44.2 Å². The van der Waals surface area contributed by atoms with Crippen molar-refractivity contribution >= 4 is 5.97 Å². The van der Waals surface area contributed by atoms with E-state index in [4.69, 9.17) is 5.11 Å². The van der Waals surface area contributed by atoms with Gasteiger partial charge in [0.1, 0.15) is 5.56 Å². The van der Waals surface area contributed by atoms with Crippen LogP contribution < -0.4 is 0 Å². The van der Waals surface area contributed by atoms with E-state index in [2.05, 4.69) is 5.10 Å². The van der Waals surface area contributed by atoms with Crippen molar-refractivity contribution in [2.45, 2.75) is 19.8 Å². The smallest absolute Gasteiger partial charge is 0.339 e. The molecule has 0 aliphatic carbocycles. The van der Waals surface area contributed by atoms with Gasteiger partial charge in [-0.15, -0.1) is 0 Å². The van der Waals surface area contributed by atoms with Crippen LogP contribution in [0.4, 0.5) is 0 Å². The Morgan fingerprint density at radius 1 is 1.29 bits per heavy atom. The van der Waals surface area contributed by atoms with Crippen molar-refractivity contribution in [3.63, 3.8) is 0 Å². The van der Waals surface area contributed by atoms with E-state index in [9.17, 15) is 4.79 Å². The normalized spacial score (nSPS) is 10.8. The summed E-state index contributed by atoms with van der Waals surface area (Å²) in [6.07, 6.45) is 1.41. The predicted octanol–water partition coefficient (Wildman–Crippen LogP) is 2.69. The molecule has 1 aromatic carbocycles. The number of carboxylic acids is 1. The van der Waals surface area contributed by atoms with Crippen LogP contribution in [0, 0.1) is 0 Å². The van der Waals surface area contributed by atoms with E-state index >= 15 is 0 Å². The molecule has 0 unspecified atom stereocenters. The first-order valence-corrected chi connectivity index (χ1v) is 5.48. The van der Waals surface area contributed by atoms with Crippen molar-refractivity contribution in [1.29, 1.82) is 0 Å². The van der Waals surface area contributed by atoms with Crippen molar-refractivity contribution in [3.8, 4) is 5.69 Å². The minimum absolute atomic E-state index is 0.101. The van der Waals surface area contributed by atoms with Crippen molar-refractivity contribution in [3.05, 3.63) is 47.8 Å². The van der Waals surface area contributed by atoms with Crippen LogP contribution >= 0.6 is 0 Å². The molecule has 0 saturated carbocycles. The molecule has 2 rings (SSSR count). The lowest BCUT2D eigenvalue weighted by atomic mass is 10.1. The molecule has 0 radical (unpaired) electrons. The second kappa shape index (κ2) is 4.41. The van der Waals surface area contributed by atoms with Crippen LogP contribution in [0.2, 0.25) is 0 Å². The average Bonchev–Trinajstić information content (AvgIpc) is 2.74. The van der Waals surface area contributed by atoms with Gasteiger partial charge in [0.25, 0.3) is 0 Å². The number of rotatable bonds is 3. The number of benzene rings is 1. The summed E-state index contributed by atoms with van der Waals surface area (Å²) in [5, 5.41) is 13.3. The zero-order valence-electron chi connectivity index (χ0n) is 9.79. The largest absolute Gasteiger partial charge is 0.478 e. The van der Waals surface area contributed by atoms with Gasteiger partial charge in [0, 0.05) is 0 Å². The lowest BCUT2D eigenvalue weighted by molar-refractivity contribution is 0.0695. The molecular formula is C13H14N2O2. The number of carbonyl (C=O) groups is 1. The van der Waals surface area contributed by atoms with E-state index in [1.165, 1.54) is 6.20 Å². The molecule has 0 atom stereocenters. The Bertz CT molecular complexity index is 530. The highest BCUT2D eigenvalue weighted by molar-refractivity contribution is 5.89. The zero-order valence-corrected chi connectivity index (χ0v) is 9.79. The third-order valence-corrected chi connectivity index (χ3v) is 2.58. The molecule has 17 heavy (non-hydrogen) atoms. The minimum atomic E-state index is -0.934. The van der Waals surface area contributed by atoms with Gasteiger partial charge in [-0.1, -0.05) is 32.0 Å². The molecule has 4 heteroatoms. The summed E-state index contributed by atoms with van der Waals surface area (Å²) in [6.45, 7) is 3.92. The summed E-state index contributed by atoms with van der Waals surface area (Å²) in [6, 6.07) is 9.54. The fraction of sp³-hybridized carbons (Fsp3) is 0.231. The van der Waals surface area contributed by atoms with Crippen LogP contribution in [0.25, 0.3) is 5.69 Å². The van der Waals surface area contributed by atoms with Gasteiger partial charge in [0.2, 0.25) is 0 Å². The summed E-state index contributed by atoms with van der Waals surface area (Å²) in [4.78, 5) is 11.1. The molecule has 4 nitrogen and oxygen atoms in total. The molecule has 1 aromatic heterocycles. The molecule has 0 saturated heterocycles. The van der Waals surface area contributed by atoms with Gasteiger partial charge in [-0.05, 0) is 18.1 Å². The molecule has 1 heterocycles. The van der Waals surface area contributed by atoms with E-state index in [-0.39, 0.29) is 11.5 Å². The number of carboxylic acid groups (broad SMARTS) is 1. The monoisotopic (exact) mass is 230 g/mol. The molecule has 0 fully saturated rings. The summed E-state index contributed by atoms with van der Waals surface area (Å²) in [5.74, 6) is -0.834. The van der Waals surface area contributed by atoms with Crippen molar-refractivity contribution in [2.24, 2.45) is 0 Å². The molecular weight excluding hydrogens is 216 g/mol. The molecule has 0 bridgehead atoms. The average molecular weight is 230 g/mol. The topological polar surface area (TPSA) is 55.1 Å².